The van der Waals surface area contributed by atoms with Crippen molar-refractivity contribution in [3.8, 4) is 0 Å². The third kappa shape index (κ3) is 3.49. The average molecular weight is 387 g/mol. The molecule has 0 N–H and O–H groups in total. The minimum absolute atomic E-state index is 0.0375. The van der Waals surface area contributed by atoms with E-state index in [9.17, 15) is 4.79 Å². The normalized spacial score (nSPS) is 18.5. The van der Waals surface area contributed by atoms with Gasteiger partial charge in [-0.25, -0.2) is 5.01 Å². The number of benzene rings is 1. The third-order valence-electron chi connectivity index (χ3n) is 5.35. The first-order chi connectivity index (χ1) is 14.3. The summed E-state index contributed by atoms with van der Waals surface area (Å²) in [5, 5.41) is 6.18. The maximum atomic E-state index is 13.2. The van der Waals surface area contributed by atoms with E-state index < -0.39 is 0 Å². The summed E-state index contributed by atoms with van der Waals surface area (Å²) < 4.78 is 10.9. The Hall–Kier alpha value is -3.54. The number of carbonyl (C=O) groups is 1. The molecule has 0 saturated heterocycles. The molecule has 0 unspecified atom stereocenters. The number of anilines is 1. The molecule has 0 bridgehead atoms. The monoisotopic (exact) mass is 387 g/mol. The number of hydrazone groups is 1. The summed E-state index contributed by atoms with van der Waals surface area (Å²) in [6.07, 6.45) is 8.59. The molecule has 0 spiro atoms. The van der Waals surface area contributed by atoms with Gasteiger partial charge in [0.1, 0.15) is 17.6 Å². The maximum Gasteiger partial charge on any atom is 0.262 e. The van der Waals surface area contributed by atoms with E-state index in [2.05, 4.69) is 22.1 Å². The topological polar surface area (TPSA) is 62.2 Å². The second-order valence-electron chi connectivity index (χ2n) is 7.21. The summed E-state index contributed by atoms with van der Waals surface area (Å²) in [5.74, 6) is 1.45. The van der Waals surface area contributed by atoms with Crippen LogP contribution in [0.5, 0.6) is 0 Å². The highest BCUT2D eigenvalue weighted by Gasteiger charge is 2.35. The van der Waals surface area contributed by atoms with Crippen molar-refractivity contribution in [2.24, 2.45) is 5.10 Å². The molecule has 2 aliphatic rings. The zero-order chi connectivity index (χ0) is 19.6. The first-order valence-corrected chi connectivity index (χ1v) is 9.75. The average Bonchev–Trinajstić information content (AvgIpc) is 3.53. The Labute approximate surface area is 168 Å². The van der Waals surface area contributed by atoms with Crippen molar-refractivity contribution in [3.05, 3.63) is 84.2 Å². The first kappa shape index (κ1) is 17.6. The van der Waals surface area contributed by atoms with E-state index in [1.807, 2.05) is 48.6 Å². The molecule has 1 amide bonds. The van der Waals surface area contributed by atoms with Crippen molar-refractivity contribution < 1.29 is 13.6 Å². The van der Waals surface area contributed by atoms with Crippen LogP contribution in [0.15, 0.2) is 81.1 Å². The van der Waals surface area contributed by atoms with Gasteiger partial charge in [0.2, 0.25) is 0 Å². The Morgan fingerprint density at radius 1 is 1.07 bits per heavy atom. The number of amides is 1. The van der Waals surface area contributed by atoms with Crippen molar-refractivity contribution in [2.75, 3.05) is 18.0 Å². The van der Waals surface area contributed by atoms with Gasteiger partial charge in [-0.2, -0.15) is 5.10 Å². The predicted octanol–water partition coefficient (Wildman–Crippen LogP) is 4.28. The number of rotatable bonds is 5. The van der Waals surface area contributed by atoms with E-state index in [0.29, 0.717) is 13.0 Å². The molecule has 29 heavy (non-hydrogen) atoms. The first-order valence-electron chi connectivity index (χ1n) is 9.75. The molecule has 6 nitrogen and oxygen atoms in total. The Morgan fingerprint density at radius 3 is 2.76 bits per heavy atom. The molecule has 0 saturated carbocycles. The zero-order valence-electron chi connectivity index (χ0n) is 15.9. The number of hydrogen-bond donors (Lipinski definition) is 0. The van der Waals surface area contributed by atoms with Crippen molar-refractivity contribution in [3.63, 3.8) is 0 Å². The molecule has 1 atom stereocenters. The fourth-order valence-corrected chi connectivity index (χ4v) is 3.94. The van der Waals surface area contributed by atoms with Gasteiger partial charge in [-0.3, -0.25) is 4.79 Å². The number of hydrogen-bond acceptors (Lipinski definition) is 5. The highest BCUT2D eigenvalue weighted by Crippen LogP contribution is 2.33. The standard InChI is InChI=1S/C23H21N3O3/c27-23(16-25-12-11-17-5-1-2-7-20(17)25)26-21(22-8-4-14-29-22)15-18(24-26)9-10-19-6-3-13-28-19/h1-10,13-14,21H,11-12,15-16H2/b10-9-/t21-/m1/s1. The van der Waals surface area contributed by atoms with Gasteiger partial charge in [-0.05, 0) is 54.5 Å². The minimum Gasteiger partial charge on any atom is -0.467 e. The lowest BCUT2D eigenvalue weighted by Crippen LogP contribution is -2.37. The summed E-state index contributed by atoms with van der Waals surface area (Å²) in [6.45, 7) is 1.15. The molecule has 2 aromatic heterocycles. The molecular formula is C23H21N3O3. The van der Waals surface area contributed by atoms with E-state index in [0.717, 1.165) is 35.9 Å². The Morgan fingerprint density at radius 2 is 1.93 bits per heavy atom. The van der Waals surface area contributed by atoms with Gasteiger partial charge < -0.3 is 13.7 Å². The number of para-hydroxylation sites is 1. The van der Waals surface area contributed by atoms with Crippen molar-refractivity contribution in [2.45, 2.75) is 18.9 Å². The third-order valence-corrected chi connectivity index (χ3v) is 5.35. The Balaban J connectivity index is 1.37. The molecule has 3 aromatic rings. The number of nitrogens with zero attached hydrogens (tertiary/aromatic N) is 3. The van der Waals surface area contributed by atoms with Crippen LogP contribution in [0.2, 0.25) is 0 Å². The molecule has 2 aliphatic heterocycles. The van der Waals surface area contributed by atoms with Gasteiger partial charge >= 0.3 is 0 Å². The zero-order valence-corrected chi connectivity index (χ0v) is 15.9. The maximum absolute atomic E-state index is 13.2. The van der Waals surface area contributed by atoms with Crippen LogP contribution in [0.4, 0.5) is 5.69 Å². The van der Waals surface area contributed by atoms with Crippen molar-refractivity contribution >= 4 is 23.4 Å². The van der Waals surface area contributed by atoms with E-state index >= 15 is 0 Å². The molecular weight excluding hydrogens is 366 g/mol. The molecule has 5 rings (SSSR count). The van der Waals surface area contributed by atoms with E-state index in [4.69, 9.17) is 8.83 Å². The van der Waals surface area contributed by atoms with Crippen LogP contribution in [-0.4, -0.2) is 29.7 Å². The van der Waals surface area contributed by atoms with Crippen LogP contribution in [-0.2, 0) is 11.2 Å². The van der Waals surface area contributed by atoms with Crippen molar-refractivity contribution in [1.29, 1.82) is 0 Å². The van der Waals surface area contributed by atoms with Crippen LogP contribution >= 0.6 is 0 Å². The number of fused-ring (bicyclic) bond motifs is 1. The summed E-state index contributed by atoms with van der Waals surface area (Å²) in [7, 11) is 0. The Bertz CT molecular complexity index is 1050. The molecule has 0 aliphatic carbocycles. The number of furan rings is 2. The molecule has 0 fully saturated rings. The lowest BCUT2D eigenvalue weighted by Gasteiger charge is -2.24. The minimum atomic E-state index is -0.230. The lowest BCUT2D eigenvalue weighted by atomic mass is 10.1. The van der Waals surface area contributed by atoms with Gasteiger partial charge in [0.05, 0.1) is 24.8 Å². The van der Waals surface area contributed by atoms with E-state index in [-0.39, 0.29) is 11.9 Å². The fraction of sp³-hybridized carbons (Fsp3) is 0.217. The van der Waals surface area contributed by atoms with Crippen LogP contribution < -0.4 is 4.90 Å². The molecule has 4 heterocycles. The molecule has 6 heteroatoms. The van der Waals surface area contributed by atoms with E-state index in [1.165, 1.54) is 5.56 Å². The van der Waals surface area contributed by atoms with Gasteiger partial charge in [-0.15, -0.1) is 0 Å². The summed E-state index contributed by atoms with van der Waals surface area (Å²) in [5.41, 5.74) is 3.24. The summed E-state index contributed by atoms with van der Waals surface area (Å²) >= 11 is 0. The number of allylic oxidation sites excluding steroid dienone is 1. The van der Waals surface area contributed by atoms with Gasteiger partial charge in [0, 0.05) is 18.7 Å². The van der Waals surface area contributed by atoms with Crippen molar-refractivity contribution in [1.82, 2.24) is 5.01 Å². The van der Waals surface area contributed by atoms with Crippen LogP contribution in [0, 0.1) is 0 Å². The van der Waals surface area contributed by atoms with Crippen LogP contribution in [0.1, 0.15) is 29.5 Å². The Kier molecular flexibility index (Phi) is 4.52. The highest BCUT2D eigenvalue weighted by atomic mass is 16.3. The quantitative estimate of drug-likeness (QED) is 0.656. The van der Waals surface area contributed by atoms with Gasteiger partial charge in [0.15, 0.2) is 0 Å². The number of carbonyl (C=O) groups excluding carboxylic acids is 1. The molecule has 1 aromatic carbocycles. The predicted molar refractivity (Wildman–Crippen MR) is 110 cm³/mol. The van der Waals surface area contributed by atoms with Gasteiger partial charge in [-0.1, -0.05) is 18.2 Å². The highest BCUT2D eigenvalue weighted by molar-refractivity contribution is 6.01. The summed E-state index contributed by atoms with van der Waals surface area (Å²) in [4.78, 5) is 15.3. The molecule has 146 valence electrons. The summed E-state index contributed by atoms with van der Waals surface area (Å²) in [6, 6.07) is 15.5. The lowest BCUT2D eigenvalue weighted by molar-refractivity contribution is -0.131. The van der Waals surface area contributed by atoms with E-state index in [1.54, 1.807) is 17.5 Å². The second-order valence-corrected chi connectivity index (χ2v) is 7.21. The van der Waals surface area contributed by atoms with Crippen LogP contribution in [0.25, 0.3) is 6.08 Å². The second kappa shape index (κ2) is 7.47. The molecule has 0 radical (unpaired) electrons. The smallest absolute Gasteiger partial charge is 0.262 e. The van der Waals surface area contributed by atoms with Gasteiger partial charge in [0.25, 0.3) is 5.91 Å². The fourth-order valence-electron chi connectivity index (χ4n) is 3.94. The SMILES string of the molecule is O=C(CN1CCc2ccccc21)N1N=C(/C=C\c2ccco2)C[C@@H]1c1ccco1. The van der Waals surface area contributed by atoms with Crippen LogP contribution in [0.3, 0.4) is 0 Å². The largest absolute Gasteiger partial charge is 0.467 e.